The van der Waals surface area contributed by atoms with E-state index in [1.807, 2.05) is 0 Å². The van der Waals surface area contributed by atoms with Gasteiger partial charge in [0.15, 0.2) is 23.0 Å². The molecule has 0 fully saturated rings. The lowest BCUT2D eigenvalue weighted by Gasteiger charge is -2.22. The number of ether oxygens (including phenoxy) is 2. The monoisotopic (exact) mass is 432 g/mol. The molecule has 162 valence electrons. The van der Waals surface area contributed by atoms with E-state index in [-0.39, 0.29) is 24.0 Å². The lowest BCUT2D eigenvalue weighted by atomic mass is 10.0. The highest BCUT2D eigenvalue weighted by Gasteiger charge is 2.32. The standard InChI is InChI=1S/C20H17F5O5/c1-19(2,18(27)28)30-15-10-6-12(16(21)17(15)22)5-9-14(26)11-3-7-13(8-4-11)29-20(23,24)25/h3-4,6-8,10H,5,9H2,1-2H3,(H,27,28). The Morgan fingerprint density at radius 3 is 2.07 bits per heavy atom. The number of carboxylic acids is 1. The Kier molecular flexibility index (Phi) is 6.69. The van der Waals surface area contributed by atoms with Crippen molar-refractivity contribution in [3.05, 3.63) is 59.2 Å². The highest BCUT2D eigenvalue weighted by molar-refractivity contribution is 5.96. The maximum atomic E-state index is 14.3. The minimum atomic E-state index is -4.86. The predicted molar refractivity (Wildman–Crippen MR) is 94.5 cm³/mol. The number of Topliss-reactive ketones (excluding diaryl/α,β-unsaturated/α-hetero) is 1. The number of carboxylic acid groups (broad SMARTS) is 1. The summed E-state index contributed by atoms with van der Waals surface area (Å²) in [6.45, 7) is 2.34. The van der Waals surface area contributed by atoms with Crippen molar-refractivity contribution in [1.82, 2.24) is 0 Å². The molecule has 2 aromatic carbocycles. The van der Waals surface area contributed by atoms with Gasteiger partial charge in [-0.15, -0.1) is 13.2 Å². The van der Waals surface area contributed by atoms with Crippen molar-refractivity contribution in [1.29, 1.82) is 0 Å². The molecule has 0 amide bonds. The van der Waals surface area contributed by atoms with E-state index in [2.05, 4.69) is 4.74 Å². The Hall–Kier alpha value is -3.17. The minimum absolute atomic E-state index is 0.0774. The van der Waals surface area contributed by atoms with Gasteiger partial charge < -0.3 is 14.6 Å². The highest BCUT2D eigenvalue weighted by Crippen LogP contribution is 2.28. The van der Waals surface area contributed by atoms with Crippen LogP contribution in [0.3, 0.4) is 0 Å². The van der Waals surface area contributed by atoms with E-state index >= 15 is 0 Å². The van der Waals surface area contributed by atoms with Crippen LogP contribution in [0.25, 0.3) is 0 Å². The Bertz CT molecular complexity index is 936. The molecule has 5 nitrogen and oxygen atoms in total. The molecule has 0 aliphatic rings. The number of benzene rings is 2. The number of aliphatic carboxylic acids is 1. The number of aryl methyl sites for hydroxylation is 1. The van der Waals surface area contributed by atoms with Crippen LogP contribution < -0.4 is 9.47 Å². The summed E-state index contributed by atoms with van der Waals surface area (Å²) >= 11 is 0. The molecule has 10 heteroatoms. The molecule has 0 saturated carbocycles. The normalized spacial score (nSPS) is 11.8. The van der Waals surface area contributed by atoms with E-state index in [0.717, 1.165) is 30.3 Å². The molecule has 0 saturated heterocycles. The third-order valence-corrected chi connectivity index (χ3v) is 4.04. The van der Waals surface area contributed by atoms with Crippen LogP contribution in [0.4, 0.5) is 22.0 Å². The topological polar surface area (TPSA) is 72.8 Å². The summed E-state index contributed by atoms with van der Waals surface area (Å²) in [6.07, 6.45) is -5.29. The zero-order valence-electron chi connectivity index (χ0n) is 15.8. The van der Waals surface area contributed by atoms with Gasteiger partial charge >= 0.3 is 12.3 Å². The number of ketones is 1. The number of hydrogen-bond acceptors (Lipinski definition) is 4. The Morgan fingerprint density at radius 1 is 0.933 bits per heavy atom. The first-order chi connectivity index (χ1) is 13.8. The molecule has 0 radical (unpaired) electrons. The summed E-state index contributed by atoms with van der Waals surface area (Å²) in [6, 6.07) is 6.43. The average Bonchev–Trinajstić information content (AvgIpc) is 2.63. The fourth-order valence-electron chi connectivity index (χ4n) is 2.40. The van der Waals surface area contributed by atoms with Gasteiger partial charge in [-0.05, 0) is 56.2 Å². The van der Waals surface area contributed by atoms with E-state index in [1.54, 1.807) is 0 Å². The second-order valence-electron chi connectivity index (χ2n) is 6.76. The molecule has 30 heavy (non-hydrogen) atoms. The second-order valence-corrected chi connectivity index (χ2v) is 6.76. The second kappa shape index (κ2) is 8.68. The largest absolute Gasteiger partial charge is 0.573 e. The molecule has 0 atom stereocenters. The number of alkyl halides is 3. The van der Waals surface area contributed by atoms with E-state index < -0.39 is 46.8 Å². The van der Waals surface area contributed by atoms with E-state index in [4.69, 9.17) is 9.84 Å². The number of hydrogen-bond donors (Lipinski definition) is 1. The Morgan fingerprint density at radius 2 is 1.53 bits per heavy atom. The Balaban J connectivity index is 2.06. The summed E-state index contributed by atoms with van der Waals surface area (Å²) in [7, 11) is 0. The maximum Gasteiger partial charge on any atom is 0.573 e. The van der Waals surface area contributed by atoms with Crippen LogP contribution in [-0.2, 0) is 11.2 Å². The molecule has 0 bridgehead atoms. The van der Waals surface area contributed by atoms with Crippen LogP contribution in [0, 0.1) is 11.6 Å². The first kappa shape index (κ1) is 23.1. The number of halogens is 5. The molecule has 0 heterocycles. The van der Waals surface area contributed by atoms with Gasteiger partial charge in [0.1, 0.15) is 5.75 Å². The minimum Gasteiger partial charge on any atom is -0.478 e. The summed E-state index contributed by atoms with van der Waals surface area (Å²) in [5, 5.41) is 9.00. The SMILES string of the molecule is CC(C)(Oc1ccc(CCC(=O)c2ccc(OC(F)(F)F)cc2)c(F)c1F)C(=O)O. The van der Waals surface area contributed by atoms with E-state index in [9.17, 15) is 31.5 Å². The molecule has 2 aromatic rings. The van der Waals surface area contributed by atoms with Crippen LogP contribution in [0.2, 0.25) is 0 Å². The predicted octanol–water partition coefficient (Wildman–Crippen LogP) is 4.92. The molecule has 0 aliphatic heterocycles. The van der Waals surface area contributed by atoms with Crippen LogP contribution in [0.5, 0.6) is 11.5 Å². The summed E-state index contributed by atoms with van der Waals surface area (Å²) in [4.78, 5) is 23.2. The van der Waals surface area contributed by atoms with Gasteiger partial charge in [0, 0.05) is 12.0 Å². The van der Waals surface area contributed by atoms with Crippen LogP contribution in [0.1, 0.15) is 36.2 Å². The average molecular weight is 432 g/mol. The van der Waals surface area contributed by atoms with E-state index in [0.29, 0.717) is 0 Å². The molecule has 0 aromatic heterocycles. The quantitative estimate of drug-likeness (QED) is 0.474. The molecule has 0 unspecified atom stereocenters. The zero-order valence-corrected chi connectivity index (χ0v) is 15.8. The van der Waals surface area contributed by atoms with Crippen molar-refractivity contribution in [3.63, 3.8) is 0 Å². The summed E-state index contributed by atoms with van der Waals surface area (Å²) in [5.41, 5.74) is -1.85. The third kappa shape index (κ3) is 5.91. The fourth-order valence-corrected chi connectivity index (χ4v) is 2.40. The van der Waals surface area contributed by atoms with Crippen molar-refractivity contribution in [2.75, 3.05) is 0 Å². The van der Waals surface area contributed by atoms with Gasteiger partial charge in [-0.3, -0.25) is 4.79 Å². The highest BCUT2D eigenvalue weighted by atomic mass is 19.4. The molecule has 2 rings (SSSR count). The van der Waals surface area contributed by atoms with Crippen molar-refractivity contribution in [2.45, 2.75) is 38.7 Å². The molecular weight excluding hydrogens is 415 g/mol. The van der Waals surface area contributed by atoms with Crippen molar-refractivity contribution < 1.29 is 46.1 Å². The van der Waals surface area contributed by atoms with Gasteiger partial charge in [-0.25, -0.2) is 9.18 Å². The molecule has 1 N–H and O–H groups in total. The van der Waals surface area contributed by atoms with Gasteiger partial charge in [0.2, 0.25) is 5.82 Å². The zero-order chi connectivity index (χ0) is 22.7. The summed E-state index contributed by atoms with van der Waals surface area (Å²) in [5.74, 6) is -5.62. The summed E-state index contributed by atoms with van der Waals surface area (Å²) < 4.78 is 73.6. The lowest BCUT2D eigenvalue weighted by molar-refractivity contribution is -0.274. The van der Waals surface area contributed by atoms with Gasteiger partial charge in [0.25, 0.3) is 0 Å². The van der Waals surface area contributed by atoms with Crippen molar-refractivity contribution >= 4 is 11.8 Å². The number of carbonyl (C=O) groups excluding carboxylic acids is 1. The fraction of sp³-hybridized carbons (Fsp3) is 0.300. The first-order valence-electron chi connectivity index (χ1n) is 8.58. The maximum absolute atomic E-state index is 14.3. The Labute approximate surface area is 168 Å². The van der Waals surface area contributed by atoms with Gasteiger partial charge in [-0.1, -0.05) is 6.07 Å². The third-order valence-electron chi connectivity index (χ3n) is 4.04. The smallest absolute Gasteiger partial charge is 0.478 e. The van der Waals surface area contributed by atoms with Crippen molar-refractivity contribution in [3.8, 4) is 11.5 Å². The molecular formula is C20H17F5O5. The van der Waals surface area contributed by atoms with Crippen LogP contribution in [-0.4, -0.2) is 28.8 Å². The molecule has 0 aliphatic carbocycles. The number of carbonyl (C=O) groups is 2. The first-order valence-corrected chi connectivity index (χ1v) is 8.58. The van der Waals surface area contributed by atoms with Crippen LogP contribution >= 0.6 is 0 Å². The molecule has 0 spiro atoms. The van der Waals surface area contributed by atoms with Crippen molar-refractivity contribution in [2.24, 2.45) is 0 Å². The van der Waals surface area contributed by atoms with Gasteiger partial charge in [-0.2, -0.15) is 4.39 Å². The van der Waals surface area contributed by atoms with E-state index in [1.165, 1.54) is 19.9 Å². The van der Waals surface area contributed by atoms with Gasteiger partial charge in [0.05, 0.1) is 0 Å². The number of rotatable bonds is 8. The lowest BCUT2D eigenvalue weighted by Crippen LogP contribution is -2.38. The van der Waals surface area contributed by atoms with Crippen LogP contribution in [0.15, 0.2) is 36.4 Å².